The molecule has 18 heavy (non-hydrogen) atoms. The summed E-state index contributed by atoms with van der Waals surface area (Å²) in [6, 6.07) is 6.49. The average Bonchev–Trinajstić information content (AvgIpc) is 2.35. The number of carboxylic acids is 1. The lowest BCUT2D eigenvalue weighted by Crippen LogP contribution is -2.29. The summed E-state index contributed by atoms with van der Waals surface area (Å²) >= 11 is 5.08. The Morgan fingerprint density at radius 1 is 1.50 bits per heavy atom. The molecule has 3 N–H and O–H groups in total. The fourth-order valence-corrected chi connectivity index (χ4v) is 1.54. The minimum Gasteiger partial charge on any atom is -0.478 e. The van der Waals surface area contributed by atoms with Crippen LogP contribution in [-0.2, 0) is 4.74 Å². The van der Waals surface area contributed by atoms with E-state index in [1.54, 1.807) is 19.2 Å². The van der Waals surface area contributed by atoms with Gasteiger partial charge >= 0.3 is 5.97 Å². The summed E-state index contributed by atoms with van der Waals surface area (Å²) in [6.45, 7) is 1.38. The van der Waals surface area contributed by atoms with Crippen LogP contribution in [0.4, 0.5) is 5.69 Å². The van der Waals surface area contributed by atoms with E-state index in [0.717, 1.165) is 6.42 Å². The summed E-state index contributed by atoms with van der Waals surface area (Å²) < 4.78 is 4.92. The van der Waals surface area contributed by atoms with Crippen LogP contribution in [0.1, 0.15) is 16.8 Å². The number of thiocarbonyl (C=S) groups is 1. The molecule has 0 aliphatic heterocycles. The van der Waals surface area contributed by atoms with E-state index in [0.29, 0.717) is 24.0 Å². The van der Waals surface area contributed by atoms with E-state index in [1.165, 1.54) is 12.1 Å². The van der Waals surface area contributed by atoms with Crippen molar-refractivity contribution < 1.29 is 14.6 Å². The van der Waals surface area contributed by atoms with Crippen LogP contribution in [0, 0.1) is 0 Å². The van der Waals surface area contributed by atoms with Gasteiger partial charge in [-0.05, 0) is 36.8 Å². The van der Waals surface area contributed by atoms with Crippen molar-refractivity contribution in [3.63, 3.8) is 0 Å². The first-order chi connectivity index (χ1) is 8.63. The Hall–Kier alpha value is -1.66. The average molecular weight is 268 g/mol. The molecule has 0 radical (unpaired) electrons. The van der Waals surface area contributed by atoms with Gasteiger partial charge in [-0.15, -0.1) is 0 Å². The van der Waals surface area contributed by atoms with Crippen molar-refractivity contribution in [2.45, 2.75) is 6.42 Å². The topological polar surface area (TPSA) is 70.6 Å². The number of methoxy groups -OCH3 is 1. The first kappa shape index (κ1) is 14.4. The molecule has 0 unspecified atom stereocenters. The SMILES string of the molecule is COCCCNC(=S)Nc1cccc(C(=O)O)c1. The number of nitrogens with one attached hydrogen (secondary N) is 2. The Kier molecular flexibility index (Phi) is 6.10. The number of hydrogen-bond donors (Lipinski definition) is 3. The van der Waals surface area contributed by atoms with E-state index in [4.69, 9.17) is 22.1 Å². The van der Waals surface area contributed by atoms with Gasteiger partial charge in [0.2, 0.25) is 0 Å². The fraction of sp³-hybridized carbons (Fsp3) is 0.333. The summed E-state index contributed by atoms with van der Waals surface area (Å²) in [6.07, 6.45) is 0.855. The smallest absolute Gasteiger partial charge is 0.335 e. The highest BCUT2D eigenvalue weighted by molar-refractivity contribution is 7.80. The Morgan fingerprint density at radius 2 is 2.28 bits per heavy atom. The number of aromatic carboxylic acids is 1. The van der Waals surface area contributed by atoms with Crippen LogP contribution < -0.4 is 10.6 Å². The molecule has 0 saturated heterocycles. The largest absolute Gasteiger partial charge is 0.478 e. The second kappa shape index (κ2) is 7.62. The highest BCUT2D eigenvalue weighted by atomic mass is 32.1. The molecule has 1 rings (SSSR count). The van der Waals surface area contributed by atoms with E-state index < -0.39 is 5.97 Å². The second-order valence-electron chi connectivity index (χ2n) is 3.61. The third-order valence-electron chi connectivity index (χ3n) is 2.18. The van der Waals surface area contributed by atoms with E-state index in [1.807, 2.05) is 0 Å². The maximum Gasteiger partial charge on any atom is 0.335 e. The van der Waals surface area contributed by atoms with Crippen molar-refractivity contribution >= 4 is 29.0 Å². The Morgan fingerprint density at radius 3 is 2.94 bits per heavy atom. The van der Waals surface area contributed by atoms with Gasteiger partial charge in [-0.3, -0.25) is 0 Å². The molecular weight excluding hydrogens is 252 g/mol. The van der Waals surface area contributed by atoms with Crippen molar-refractivity contribution in [3.8, 4) is 0 Å². The lowest BCUT2D eigenvalue weighted by atomic mass is 10.2. The van der Waals surface area contributed by atoms with Crippen molar-refractivity contribution in [3.05, 3.63) is 29.8 Å². The monoisotopic (exact) mass is 268 g/mol. The number of ether oxygens (including phenoxy) is 1. The molecule has 0 aliphatic rings. The van der Waals surface area contributed by atoms with Crippen LogP contribution in [0.25, 0.3) is 0 Å². The maximum atomic E-state index is 10.8. The van der Waals surface area contributed by atoms with Gasteiger partial charge < -0.3 is 20.5 Å². The molecular formula is C12H16N2O3S. The number of rotatable bonds is 6. The third kappa shape index (κ3) is 5.11. The maximum absolute atomic E-state index is 10.8. The fourth-order valence-electron chi connectivity index (χ4n) is 1.32. The molecule has 0 amide bonds. The summed E-state index contributed by atoms with van der Waals surface area (Å²) in [5.41, 5.74) is 0.876. The first-order valence-electron chi connectivity index (χ1n) is 5.50. The first-order valence-corrected chi connectivity index (χ1v) is 5.91. The summed E-state index contributed by atoms with van der Waals surface area (Å²) in [7, 11) is 1.65. The predicted molar refractivity (Wildman–Crippen MR) is 74.1 cm³/mol. The molecule has 0 bridgehead atoms. The van der Waals surface area contributed by atoms with Gasteiger partial charge in [0.15, 0.2) is 5.11 Å². The van der Waals surface area contributed by atoms with E-state index in [-0.39, 0.29) is 5.56 Å². The molecule has 98 valence electrons. The van der Waals surface area contributed by atoms with E-state index in [9.17, 15) is 4.79 Å². The Balaban J connectivity index is 2.44. The molecule has 1 aromatic carbocycles. The van der Waals surface area contributed by atoms with Crippen LogP contribution in [0.15, 0.2) is 24.3 Å². The highest BCUT2D eigenvalue weighted by Gasteiger charge is 2.03. The molecule has 6 heteroatoms. The summed E-state index contributed by atoms with van der Waals surface area (Å²) in [5.74, 6) is -0.961. The highest BCUT2D eigenvalue weighted by Crippen LogP contribution is 2.10. The number of hydrogen-bond acceptors (Lipinski definition) is 3. The van der Waals surface area contributed by atoms with Gasteiger partial charge in [0.05, 0.1) is 5.56 Å². The van der Waals surface area contributed by atoms with Crippen molar-refractivity contribution in [1.82, 2.24) is 5.32 Å². The molecule has 5 nitrogen and oxygen atoms in total. The quantitative estimate of drug-likeness (QED) is 0.539. The summed E-state index contributed by atoms with van der Waals surface area (Å²) in [4.78, 5) is 10.8. The third-order valence-corrected chi connectivity index (χ3v) is 2.42. The zero-order valence-corrected chi connectivity index (χ0v) is 10.9. The van der Waals surface area contributed by atoms with Crippen molar-refractivity contribution in [2.75, 3.05) is 25.6 Å². The predicted octanol–water partition coefficient (Wildman–Crippen LogP) is 1.71. The van der Waals surface area contributed by atoms with E-state index in [2.05, 4.69) is 10.6 Å². The van der Waals surface area contributed by atoms with Gasteiger partial charge in [-0.1, -0.05) is 6.07 Å². The second-order valence-corrected chi connectivity index (χ2v) is 4.02. The molecule has 0 atom stereocenters. The van der Waals surface area contributed by atoms with Crippen molar-refractivity contribution in [1.29, 1.82) is 0 Å². The van der Waals surface area contributed by atoms with Crippen LogP contribution in [0.2, 0.25) is 0 Å². The van der Waals surface area contributed by atoms with Gasteiger partial charge in [-0.2, -0.15) is 0 Å². The van der Waals surface area contributed by atoms with Gasteiger partial charge in [0, 0.05) is 25.9 Å². The molecule has 0 heterocycles. The molecule has 0 aromatic heterocycles. The van der Waals surface area contributed by atoms with Gasteiger partial charge in [-0.25, -0.2) is 4.79 Å². The van der Waals surface area contributed by atoms with Crippen LogP contribution in [-0.4, -0.2) is 36.4 Å². The summed E-state index contributed by atoms with van der Waals surface area (Å²) in [5, 5.41) is 15.3. The molecule has 0 fully saturated rings. The van der Waals surface area contributed by atoms with Crippen molar-refractivity contribution in [2.24, 2.45) is 0 Å². The Bertz CT molecular complexity index is 424. The normalized spacial score (nSPS) is 9.83. The van der Waals surface area contributed by atoms with E-state index >= 15 is 0 Å². The van der Waals surface area contributed by atoms with Crippen LogP contribution in [0.5, 0.6) is 0 Å². The minimum atomic E-state index is -0.961. The molecule has 0 saturated carbocycles. The molecule has 0 spiro atoms. The Labute approximate surface area is 111 Å². The number of benzene rings is 1. The standard InChI is InChI=1S/C12H16N2O3S/c1-17-7-3-6-13-12(18)14-10-5-2-4-9(8-10)11(15)16/h2,4-5,8H,3,6-7H2,1H3,(H,15,16)(H2,13,14,18). The minimum absolute atomic E-state index is 0.224. The lowest BCUT2D eigenvalue weighted by molar-refractivity contribution is 0.0697. The number of carboxylic acid groups (broad SMARTS) is 1. The zero-order chi connectivity index (χ0) is 13.4. The molecule has 1 aromatic rings. The van der Waals surface area contributed by atoms with Gasteiger partial charge in [0.25, 0.3) is 0 Å². The van der Waals surface area contributed by atoms with Gasteiger partial charge in [0.1, 0.15) is 0 Å². The van der Waals surface area contributed by atoms with Crippen LogP contribution in [0.3, 0.4) is 0 Å². The lowest BCUT2D eigenvalue weighted by Gasteiger charge is -2.10. The molecule has 0 aliphatic carbocycles. The van der Waals surface area contributed by atoms with Crippen LogP contribution >= 0.6 is 12.2 Å². The number of carbonyl (C=O) groups is 1. The zero-order valence-electron chi connectivity index (χ0n) is 10.1. The number of anilines is 1.